The molecule has 0 aliphatic carbocycles. The van der Waals surface area contributed by atoms with Gasteiger partial charge in [-0.3, -0.25) is 13.9 Å². The molecule has 5 nitrogen and oxygen atoms in total. The molecule has 0 saturated heterocycles. The zero-order valence-corrected chi connectivity index (χ0v) is 17.0. The van der Waals surface area contributed by atoms with Crippen molar-refractivity contribution in [1.82, 2.24) is 14.1 Å². The van der Waals surface area contributed by atoms with Gasteiger partial charge in [0.1, 0.15) is 5.82 Å². The summed E-state index contributed by atoms with van der Waals surface area (Å²) < 4.78 is 17.8. The van der Waals surface area contributed by atoms with Crippen molar-refractivity contribution in [3.8, 4) is 0 Å². The molecule has 0 radical (unpaired) electrons. The number of hydrogen-bond donors (Lipinski definition) is 0. The first kappa shape index (κ1) is 18.8. The van der Waals surface area contributed by atoms with E-state index in [4.69, 9.17) is 11.6 Å². The molecule has 0 fully saturated rings. The highest BCUT2D eigenvalue weighted by atomic mass is 35.5. The molecule has 0 unspecified atom stereocenters. The molecule has 28 heavy (non-hydrogen) atoms. The summed E-state index contributed by atoms with van der Waals surface area (Å²) in [6.07, 6.45) is 0. The Morgan fingerprint density at radius 2 is 1.93 bits per heavy atom. The molecule has 0 spiro atoms. The first-order chi connectivity index (χ1) is 13.4. The summed E-state index contributed by atoms with van der Waals surface area (Å²) in [4.78, 5) is 15.8. The van der Waals surface area contributed by atoms with E-state index in [1.165, 1.54) is 18.0 Å². The van der Waals surface area contributed by atoms with Crippen LogP contribution in [0.15, 0.2) is 53.4 Å². The molecule has 8 heteroatoms. The first-order valence-electron chi connectivity index (χ1n) is 8.72. The first-order valence-corrected chi connectivity index (χ1v) is 9.87. The minimum Gasteiger partial charge on any atom is -0.288 e. The lowest BCUT2D eigenvalue weighted by atomic mass is 10.2. The third-order valence-electron chi connectivity index (χ3n) is 4.59. The van der Waals surface area contributed by atoms with Gasteiger partial charge in [-0.15, -0.1) is 0 Å². The average molecular weight is 417 g/mol. The predicted molar refractivity (Wildman–Crippen MR) is 109 cm³/mol. The molecular weight excluding hydrogens is 399 g/mol. The summed E-state index contributed by atoms with van der Waals surface area (Å²) in [6, 6.07) is 13.9. The smallest absolute Gasteiger partial charge is 0.288 e. The standard InChI is InChI=1S/C20H18ClFN4OS/c1-13-10-14(24(2)23-13)11-26-20(27)25(18-8-3-4-9-19(18)28-26)12-15-16(21)6-5-7-17(15)22/h3-10H,11-12H2,1-2H3. The lowest BCUT2D eigenvalue weighted by Gasteiger charge is -2.36. The molecule has 1 aliphatic rings. The number of aromatic nitrogens is 2. The molecule has 0 N–H and O–H groups in total. The fraction of sp³-hybridized carbons (Fsp3) is 0.200. The number of nitrogens with zero attached hydrogens (tertiary/aromatic N) is 4. The van der Waals surface area contributed by atoms with Crippen LogP contribution in [-0.2, 0) is 20.1 Å². The molecule has 4 rings (SSSR count). The molecule has 3 aromatic rings. The van der Waals surface area contributed by atoms with E-state index in [1.807, 2.05) is 44.3 Å². The van der Waals surface area contributed by atoms with Crippen molar-refractivity contribution in [1.29, 1.82) is 0 Å². The zero-order chi connectivity index (χ0) is 19.8. The Kier molecular flexibility index (Phi) is 5.03. The van der Waals surface area contributed by atoms with Gasteiger partial charge in [0.15, 0.2) is 0 Å². The Hall–Kier alpha value is -2.51. The van der Waals surface area contributed by atoms with Gasteiger partial charge in [-0.05, 0) is 49.2 Å². The minimum atomic E-state index is -0.426. The van der Waals surface area contributed by atoms with Crippen molar-refractivity contribution in [2.24, 2.45) is 7.05 Å². The Morgan fingerprint density at radius 3 is 2.64 bits per heavy atom. The van der Waals surface area contributed by atoms with Crippen molar-refractivity contribution in [2.45, 2.75) is 24.9 Å². The van der Waals surface area contributed by atoms with Crippen LogP contribution in [0, 0.1) is 12.7 Å². The maximum Gasteiger partial charge on any atom is 0.335 e. The Morgan fingerprint density at radius 1 is 1.14 bits per heavy atom. The highest BCUT2D eigenvalue weighted by Gasteiger charge is 2.32. The van der Waals surface area contributed by atoms with Crippen LogP contribution in [0.3, 0.4) is 0 Å². The summed E-state index contributed by atoms with van der Waals surface area (Å²) in [6.45, 7) is 2.36. The highest BCUT2D eigenvalue weighted by molar-refractivity contribution is 7.97. The maximum absolute atomic E-state index is 14.4. The van der Waals surface area contributed by atoms with Gasteiger partial charge in [-0.2, -0.15) is 5.10 Å². The van der Waals surface area contributed by atoms with Gasteiger partial charge in [0.05, 0.1) is 35.1 Å². The molecule has 144 valence electrons. The number of carbonyl (C=O) groups excluding carboxylic acids is 1. The lowest BCUT2D eigenvalue weighted by Crippen LogP contribution is -2.42. The van der Waals surface area contributed by atoms with Gasteiger partial charge in [0.25, 0.3) is 0 Å². The van der Waals surface area contributed by atoms with E-state index in [0.717, 1.165) is 22.0 Å². The Labute approximate surface area is 171 Å². The molecule has 1 aromatic heterocycles. The monoisotopic (exact) mass is 416 g/mol. The van der Waals surface area contributed by atoms with Crippen LogP contribution in [-0.4, -0.2) is 20.1 Å². The quantitative estimate of drug-likeness (QED) is 0.551. The number of fused-ring (bicyclic) bond motifs is 1. The molecule has 0 saturated carbocycles. The van der Waals surface area contributed by atoms with E-state index in [-0.39, 0.29) is 12.6 Å². The minimum absolute atomic E-state index is 0.0584. The van der Waals surface area contributed by atoms with Crippen molar-refractivity contribution in [3.63, 3.8) is 0 Å². The highest BCUT2D eigenvalue weighted by Crippen LogP contribution is 2.40. The van der Waals surface area contributed by atoms with Crippen molar-refractivity contribution < 1.29 is 9.18 Å². The summed E-state index contributed by atoms with van der Waals surface area (Å²) in [5.74, 6) is -0.426. The van der Waals surface area contributed by atoms with E-state index in [9.17, 15) is 9.18 Å². The maximum atomic E-state index is 14.4. The number of anilines is 1. The van der Waals surface area contributed by atoms with E-state index in [1.54, 1.807) is 26.0 Å². The molecule has 0 atom stereocenters. The molecule has 2 amide bonds. The number of amides is 2. The fourth-order valence-electron chi connectivity index (χ4n) is 3.21. The van der Waals surface area contributed by atoms with Gasteiger partial charge in [0, 0.05) is 17.6 Å². The number of urea groups is 1. The van der Waals surface area contributed by atoms with Crippen LogP contribution in [0.1, 0.15) is 17.0 Å². The van der Waals surface area contributed by atoms with Crippen molar-refractivity contribution in [3.05, 3.63) is 76.3 Å². The van der Waals surface area contributed by atoms with E-state index in [2.05, 4.69) is 5.10 Å². The van der Waals surface area contributed by atoms with E-state index in [0.29, 0.717) is 17.1 Å². The van der Waals surface area contributed by atoms with Gasteiger partial charge in [0.2, 0.25) is 0 Å². The van der Waals surface area contributed by atoms with Crippen LogP contribution in [0.25, 0.3) is 0 Å². The lowest BCUT2D eigenvalue weighted by molar-refractivity contribution is 0.229. The summed E-state index contributed by atoms with van der Waals surface area (Å²) in [5, 5.41) is 4.65. The molecule has 2 heterocycles. The second kappa shape index (κ2) is 7.48. The third-order valence-corrected chi connectivity index (χ3v) is 5.99. The number of halogens is 2. The third kappa shape index (κ3) is 3.47. The second-order valence-electron chi connectivity index (χ2n) is 6.57. The summed E-state index contributed by atoms with van der Waals surface area (Å²) >= 11 is 7.58. The van der Waals surface area contributed by atoms with E-state index >= 15 is 0 Å². The number of para-hydroxylation sites is 1. The zero-order valence-electron chi connectivity index (χ0n) is 15.4. The normalized spacial score (nSPS) is 13.8. The Balaban J connectivity index is 1.70. The molecular formula is C20H18ClFN4OS. The second-order valence-corrected chi connectivity index (χ2v) is 8.04. The van der Waals surface area contributed by atoms with Crippen LogP contribution in [0.4, 0.5) is 14.9 Å². The molecule has 2 aromatic carbocycles. The van der Waals surface area contributed by atoms with Crippen LogP contribution in [0.5, 0.6) is 0 Å². The van der Waals surface area contributed by atoms with Gasteiger partial charge >= 0.3 is 6.03 Å². The largest absolute Gasteiger partial charge is 0.335 e. The van der Waals surface area contributed by atoms with E-state index < -0.39 is 5.82 Å². The number of hydrogen-bond acceptors (Lipinski definition) is 3. The van der Waals surface area contributed by atoms with Gasteiger partial charge < -0.3 is 0 Å². The number of aryl methyl sites for hydroxylation is 2. The summed E-state index contributed by atoms with van der Waals surface area (Å²) in [5.41, 5.74) is 2.86. The molecule has 0 bridgehead atoms. The van der Waals surface area contributed by atoms with Gasteiger partial charge in [-0.1, -0.05) is 29.8 Å². The van der Waals surface area contributed by atoms with Crippen molar-refractivity contribution >= 4 is 35.3 Å². The number of rotatable bonds is 4. The van der Waals surface area contributed by atoms with Crippen LogP contribution >= 0.6 is 23.5 Å². The Bertz CT molecular complexity index is 1030. The average Bonchev–Trinajstić information content (AvgIpc) is 2.98. The summed E-state index contributed by atoms with van der Waals surface area (Å²) in [7, 11) is 1.85. The molecule has 1 aliphatic heterocycles. The van der Waals surface area contributed by atoms with Crippen LogP contribution < -0.4 is 4.90 Å². The van der Waals surface area contributed by atoms with Gasteiger partial charge in [-0.25, -0.2) is 9.18 Å². The topological polar surface area (TPSA) is 41.4 Å². The number of benzene rings is 2. The predicted octanol–water partition coefficient (Wildman–Crippen LogP) is 5.17. The van der Waals surface area contributed by atoms with Crippen LogP contribution in [0.2, 0.25) is 5.02 Å². The SMILES string of the molecule is Cc1cc(CN2Sc3ccccc3N(Cc3c(F)cccc3Cl)C2=O)n(C)n1. The fourth-order valence-corrected chi connectivity index (χ4v) is 4.45. The number of carbonyl (C=O) groups is 1. The van der Waals surface area contributed by atoms with Crippen molar-refractivity contribution in [2.75, 3.05) is 4.90 Å².